The summed E-state index contributed by atoms with van der Waals surface area (Å²) in [6.07, 6.45) is 12.8. The van der Waals surface area contributed by atoms with E-state index in [1.165, 1.54) is 66.1 Å². The first-order chi connectivity index (χ1) is 30.1. The molecule has 6 unspecified atom stereocenters. The summed E-state index contributed by atoms with van der Waals surface area (Å²) < 4.78 is 43.0. The van der Waals surface area contributed by atoms with Gasteiger partial charge in [-0.15, -0.1) is 0 Å². The minimum atomic E-state index is -1.13. The molecule has 6 atom stereocenters. The van der Waals surface area contributed by atoms with Gasteiger partial charge in [-0.25, -0.2) is 9.59 Å². The van der Waals surface area contributed by atoms with Crippen molar-refractivity contribution in [2.24, 2.45) is 22.7 Å². The van der Waals surface area contributed by atoms with Crippen LogP contribution in [0.1, 0.15) is 106 Å². The molecule has 10 aliphatic rings. The first-order valence-corrected chi connectivity index (χ1v) is 23.9. The van der Waals surface area contributed by atoms with Gasteiger partial charge in [0, 0.05) is 0 Å². The molecule has 17 heteroatoms. The molecule has 0 aromatic heterocycles. The number of imide groups is 3. The van der Waals surface area contributed by atoms with Gasteiger partial charge in [0.15, 0.2) is 0 Å². The highest BCUT2D eigenvalue weighted by Gasteiger charge is 2.57. The average molecular weight is 889 g/mol. The first kappa shape index (κ1) is 46.7. The lowest BCUT2D eigenvalue weighted by atomic mass is 9.60. The molecular formula is C46H72N4O13. The number of hydrogen-bond donors (Lipinski definition) is 0. The number of urea groups is 2. The van der Waals surface area contributed by atoms with Crippen LogP contribution in [-0.4, -0.2) is 183 Å². The van der Waals surface area contributed by atoms with Gasteiger partial charge >= 0.3 is 12.1 Å². The van der Waals surface area contributed by atoms with Crippen molar-refractivity contribution in [2.45, 2.75) is 160 Å². The van der Waals surface area contributed by atoms with Gasteiger partial charge in [0.05, 0.1) is 116 Å². The quantitative estimate of drug-likeness (QED) is 0.108. The number of carbonyl (C=O) groups excluding carboxylic acids is 5. The van der Waals surface area contributed by atoms with Crippen LogP contribution in [0.2, 0.25) is 0 Å². The SMILES string of the molecule is CC(C)(C1CCC(OCC2CO2)CC1)C1CCC(OCC2CO2)CC1.CC1(C)C(=O)N(CC2CO2)C(=O)N1CC1CO1.CCC1(CC)C(=O)N(CC2CO2)C(=O)N(CC2CO2)C1=O. The van der Waals surface area contributed by atoms with Crippen LogP contribution in [0.15, 0.2) is 0 Å². The molecule has 0 spiro atoms. The summed E-state index contributed by atoms with van der Waals surface area (Å²) in [5.74, 6) is 0.800. The molecule has 2 aliphatic carbocycles. The molecule has 0 bridgehead atoms. The fourth-order valence-electron chi connectivity index (χ4n) is 10.1. The van der Waals surface area contributed by atoms with Gasteiger partial charge in [-0.3, -0.25) is 29.1 Å². The minimum Gasteiger partial charge on any atom is -0.375 e. The Bertz CT molecular complexity index is 1570. The van der Waals surface area contributed by atoms with E-state index in [2.05, 4.69) is 13.8 Å². The van der Waals surface area contributed by atoms with E-state index in [9.17, 15) is 24.0 Å². The molecule has 354 valence electrons. The lowest BCUT2D eigenvalue weighted by Crippen LogP contribution is -2.66. The van der Waals surface area contributed by atoms with Crippen molar-refractivity contribution in [1.82, 2.24) is 19.6 Å². The van der Waals surface area contributed by atoms with Crippen LogP contribution in [0, 0.1) is 22.7 Å². The van der Waals surface area contributed by atoms with Crippen molar-refractivity contribution in [2.75, 3.05) is 79.0 Å². The Balaban J connectivity index is 0.000000132. The lowest BCUT2D eigenvalue weighted by Gasteiger charge is -2.46. The molecule has 0 aromatic carbocycles. The standard InChI is InChI=1S/C21H36O4.C14H20N2O5.C11H16N2O4/c1-21(2,15-3-7-17(8-4-15)22-11-19-13-24-19)16-5-9-18(10-6-16)23-12-20-14-25-20;1-3-14(4-2)11(17)15(5-9-7-20-9)13(19)16(12(14)18)6-10-8-21-10;1-11(2)9(14)12(3-7-5-16-7)10(15)13(11)4-8-6-17-8/h15-20H,3-14H2,1-2H3;9-10H,3-8H2,1-2H3;7-8H,3-6H2,1-2H3. The maximum absolute atomic E-state index is 12.7. The summed E-state index contributed by atoms with van der Waals surface area (Å²) in [7, 11) is 0. The Kier molecular flexibility index (Phi) is 14.3. The molecule has 0 aromatic rings. The Morgan fingerprint density at radius 2 is 0.841 bits per heavy atom. The van der Waals surface area contributed by atoms with E-state index in [4.69, 9.17) is 37.9 Å². The van der Waals surface area contributed by atoms with E-state index in [1.807, 2.05) is 13.8 Å². The first-order valence-electron chi connectivity index (χ1n) is 23.9. The predicted molar refractivity (Wildman–Crippen MR) is 225 cm³/mol. The molecule has 8 saturated heterocycles. The van der Waals surface area contributed by atoms with E-state index < -0.39 is 17.0 Å². The van der Waals surface area contributed by atoms with Gasteiger partial charge in [0.1, 0.15) is 23.2 Å². The Hall–Kier alpha value is -2.77. The van der Waals surface area contributed by atoms with Crippen LogP contribution in [0.5, 0.6) is 0 Å². The molecule has 0 radical (unpaired) electrons. The number of epoxide rings is 6. The highest BCUT2D eigenvalue weighted by molar-refractivity contribution is 6.19. The second kappa shape index (κ2) is 19.2. The normalized spacial score (nSPS) is 36.1. The number of amides is 7. The molecule has 17 nitrogen and oxygen atoms in total. The van der Waals surface area contributed by atoms with Crippen LogP contribution in [0.25, 0.3) is 0 Å². The Morgan fingerprint density at radius 1 is 0.508 bits per heavy atom. The van der Waals surface area contributed by atoms with Crippen LogP contribution in [0.4, 0.5) is 9.59 Å². The minimum absolute atomic E-state index is 0.0378. The van der Waals surface area contributed by atoms with Gasteiger partial charge in [0.2, 0.25) is 11.8 Å². The van der Waals surface area contributed by atoms with Gasteiger partial charge in [-0.05, 0) is 95.3 Å². The van der Waals surface area contributed by atoms with E-state index >= 15 is 0 Å². The molecule has 0 N–H and O–H groups in total. The van der Waals surface area contributed by atoms with E-state index in [0.717, 1.165) is 38.3 Å². The largest absolute Gasteiger partial charge is 0.375 e. The smallest absolute Gasteiger partial charge is 0.333 e. The molecule has 10 rings (SSSR count). The van der Waals surface area contributed by atoms with E-state index in [1.54, 1.807) is 18.7 Å². The zero-order valence-electron chi connectivity index (χ0n) is 38.4. The topological polar surface area (TPSA) is 192 Å². The zero-order valence-corrected chi connectivity index (χ0v) is 38.4. The maximum atomic E-state index is 12.7. The van der Waals surface area contributed by atoms with Crippen molar-refractivity contribution in [1.29, 1.82) is 0 Å². The molecule has 2 saturated carbocycles. The molecule has 7 amide bonds. The Labute approximate surface area is 372 Å². The van der Waals surface area contributed by atoms with E-state index in [-0.39, 0.29) is 61.3 Å². The molecule has 8 aliphatic heterocycles. The van der Waals surface area contributed by atoms with Crippen molar-refractivity contribution in [3.05, 3.63) is 0 Å². The zero-order chi connectivity index (χ0) is 44.7. The summed E-state index contributed by atoms with van der Waals surface area (Å²) in [4.78, 5) is 67.6. The predicted octanol–water partition coefficient (Wildman–Crippen LogP) is 4.17. The number of nitrogens with zero attached hydrogens (tertiary/aromatic N) is 4. The monoisotopic (exact) mass is 889 g/mol. The second-order valence-corrected chi connectivity index (χ2v) is 20.4. The summed E-state index contributed by atoms with van der Waals surface area (Å²) in [6.45, 7) is 19.5. The van der Waals surface area contributed by atoms with Crippen molar-refractivity contribution >= 4 is 29.8 Å². The van der Waals surface area contributed by atoms with Crippen LogP contribution >= 0.6 is 0 Å². The molecule has 63 heavy (non-hydrogen) atoms. The third-order valence-corrected chi connectivity index (χ3v) is 15.3. The van der Waals surface area contributed by atoms with Crippen molar-refractivity contribution in [3.8, 4) is 0 Å². The highest BCUT2D eigenvalue weighted by Crippen LogP contribution is 2.49. The summed E-state index contributed by atoms with van der Waals surface area (Å²) in [6, 6.07) is -0.750. The second-order valence-electron chi connectivity index (χ2n) is 20.4. The van der Waals surface area contributed by atoms with Crippen molar-refractivity contribution < 1.29 is 61.9 Å². The third-order valence-electron chi connectivity index (χ3n) is 15.3. The summed E-state index contributed by atoms with van der Waals surface area (Å²) in [5, 5.41) is 0. The van der Waals surface area contributed by atoms with Gasteiger partial charge in [-0.2, -0.15) is 0 Å². The maximum Gasteiger partial charge on any atom is 0.333 e. The Morgan fingerprint density at radius 3 is 1.17 bits per heavy atom. The summed E-state index contributed by atoms with van der Waals surface area (Å²) in [5.41, 5.74) is -1.44. The number of carbonyl (C=O) groups is 5. The fourth-order valence-corrected chi connectivity index (χ4v) is 10.1. The van der Waals surface area contributed by atoms with Crippen LogP contribution < -0.4 is 0 Å². The molecule has 10 fully saturated rings. The highest BCUT2D eigenvalue weighted by atomic mass is 16.6. The molecule has 8 heterocycles. The summed E-state index contributed by atoms with van der Waals surface area (Å²) >= 11 is 0. The number of rotatable bonds is 18. The molecular weight excluding hydrogens is 817 g/mol. The average Bonchev–Trinajstić information content (AvgIpc) is 4.07. The van der Waals surface area contributed by atoms with Gasteiger partial charge in [0.25, 0.3) is 5.91 Å². The number of hydrogen-bond acceptors (Lipinski definition) is 13. The van der Waals surface area contributed by atoms with Gasteiger partial charge < -0.3 is 42.8 Å². The van der Waals surface area contributed by atoms with Crippen LogP contribution in [0.3, 0.4) is 0 Å². The van der Waals surface area contributed by atoms with Crippen LogP contribution in [-0.2, 0) is 52.3 Å². The van der Waals surface area contributed by atoms with Gasteiger partial charge in [-0.1, -0.05) is 27.7 Å². The number of ether oxygens (including phenoxy) is 8. The number of barbiturate groups is 1. The van der Waals surface area contributed by atoms with Crippen molar-refractivity contribution in [3.63, 3.8) is 0 Å². The third kappa shape index (κ3) is 11.3. The fraction of sp³-hybridized carbons (Fsp3) is 0.891. The van der Waals surface area contributed by atoms with E-state index in [0.29, 0.717) is 82.2 Å². The lowest BCUT2D eigenvalue weighted by molar-refractivity contribution is -0.159.